The van der Waals surface area contributed by atoms with E-state index in [0.29, 0.717) is 0 Å². The zero-order chi connectivity index (χ0) is 25.7. The molecule has 0 aromatic heterocycles. The lowest BCUT2D eigenvalue weighted by Crippen LogP contribution is -2.34. The topological polar surface area (TPSA) is 35.2 Å². The number of ether oxygens (including phenoxy) is 1. The van der Waals surface area contributed by atoms with Gasteiger partial charge in [-0.3, -0.25) is 0 Å². The Morgan fingerprint density at radius 2 is 0.714 bits per heavy atom. The Morgan fingerprint density at radius 1 is 0.400 bits per heavy atom. The molecule has 0 aromatic carbocycles. The van der Waals surface area contributed by atoms with E-state index in [4.69, 9.17) is 10.5 Å². The molecule has 1 atom stereocenters. The third-order valence-electron chi connectivity index (χ3n) is 7.96. The molecule has 0 aliphatic rings. The molecule has 0 heterocycles. The van der Waals surface area contributed by atoms with Gasteiger partial charge >= 0.3 is 0 Å². The van der Waals surface area contributed by atoms with Crippen LogP contribution in [0.4, 0.5) is 0 Å². The maximum atomic E-state index is 6.83. The average molecular weight is 496 g/mol. The first-order valence-electron chi connectivity index (χ1n) is 16.6. The Morgan fingerprint density at radius 3 is 1.09 bits per heavy atom. The fourth-order valence-electron chi connectivity index (χ4n) is 5.53. The van der Waals surface area contributed by atoms with Crippen LogP contribution >= 0.6 is 0 Å². The standard InChI is InChI=1S/C33H69NO/c1-4-7-10-13-16-19-22-25-29-33(30-27-31-34,28-24-21-18-15-12-9-6-3)35-32-26-23-20-17-14-11-8-5-2/h4-32,34H2,1-3H3. The van der Waals surface area contributed by atoms with Crippen molar-refractivity contribution in [3.63, 3.8) is 0 Å². The smallest absolute Gasteiger partial charge is 0.0683 e. The molecule has 2 N–H and O–H groups in total. The van der Waals surface area contributed by atoms with Gasteiger partial charge in [-0.1, -0.05) is 162 Å². The van der Waals surface area contributed by atoms with Crippen LogP contribution in [0.3, 0.4) is 0 Å². The summed E-state index contributed by atoms with van der Waals surface area (Å²) in [5.41, 5.74) is 6.08. The highest BCUT2D eigenvalue weighted by Gasteiger charge is 2.29. The number of hydrogen-bond acceptors (Lipinski definition) is 2. The predicted octanol–water partition coefficient (Wildman–Crippen LogP) is 11.3. The van der Waals surface area contributed by atoms with Gasteiger partial charge in [0.15, 0.2) is 0 Å². The van der Waals surface area contributed by atoms with Gasteiger partial charge in [-0.25, -0.2) is 0 Å². The van der Waals surface area contributed by atoms with E-state index in [0.717, 1.165) is 19.6 Å². The summed E-state index contributed by atoms with van der Waals surface area (Å²) >= 11 is 0. The molecule has 0 saturated heterocycles. The molecule has 0 saturated carbocycles. The van der Waals surface area contributed by atoms with E-state index in [1.807, 2.05) is 0 Å². The highest BCUT2D eigenvalue weighted by atomic mass is 16.5. The van der Waals surface area contributed by atoms with Crippen LogP contribution in [0.1, 0.15) is 194 Å². The fraction of sp³-hybridized carbons (Fsp3) is 1.00. The van der Waals surface area contributed by atoms with Crippen LogP contribution in [0.15, 0.2) is 0 Å². The number of hydrogen-bond donors (Lipinski definition) is 1. The van der Waals surface area contributed by atoms with Gasteiger partial charge in [0.2, 0.25) is 0 Å². The first-order chi connectivity index (χ1) is 17.2. The summed E-state index contributed by atoms with van der Waals surface area (Å²) in [5, 5.41) is 0. The molecule has 2 nitrogen and oxygen atoms in total. The third-order valence-corrected chi connectivity index (χ3v) is 7.96. The van der Waals surface area contributed by atoms with E-state index in [9.17, 15) is 0 Å². The maximum absolute atomic E-state index is 6.83. The van der Waals surface area contributed by atoms with Crippen LogP contribution in [0.2, 0.25) is 0 Å². The van der Waals surface area contributed by atoms with Crippen molar-refractivity contribution in [2.24, 2.45) is 5.73 Å². The van der Waals surface area contributed by atoms with Crippen LogP contribution in [0, 0.1) is 0 Å². The lowest BCUT2D eigenvalue weighted by molar-refractivity contribution is -0.0687. The van der Waals surface area contributed by atoms with Crippen LogP contribution in [-0.4, -0.2) is 18.8 Å². The van der Waals surface area contributed by atoms with Crippen LogP contribution in [0.25, 0.3) is 0 Å². The monoisotopic (exact) mass is 496 g/mol. The van der Waals surface area contributed by atoms with Gasteiger partial charge in [0, 0.05) is 6.61 Å². The number of rotatable bonds is 30. The van der Waals surface area contributed by atoms with Gasteiger partial charge < -0.3 is 10.5 Å². The normalized spacial score (nSPS) is 13.4. The van der Waals surface area contributed by atoms with Crippen molar-refractivity contribution in [2.45, 2.75) is 200 Å². The van der Waals surface area contributed by atoms with Gasteiger partial charge in [0.1, 0.15) is 0 Å². The Balaban J connectivity index is 4.49. The van der Waals surface area contributed by atoms with Crippen molar-refractivity contribution in [2.75, 3.05) is 13.2 Å². The lowest BCUT2D eigenvalue weighted by atomic mass is 9.85. The van der Waals surface area contributed by atoms with E-state index < -0.39 is 0 Å². The molecule has 0 amide bonds. The molecule has 0 radical (unpaired) electrons. The molecule has 0 aliphatic carbocycles. The summed E-state index contributed by atoms with van der Waals surface area (Å²) in [6, 6.07) is 0. The van der Waals surface area contributed by atoms with E-state index in [1.54, 1.807) is 0 Å². The second-order valence-corrected chi connectivity index (χ2v) is 11.5. The fourth-order valence-corrected chi connectivity index (χ4v) is 5.53. The van der Waals surface area contributed by atoms with Crippen molar-refractivity contribution < 1.29 is 4.74 Å². The first-order valence-corrected chi connectivity index (χ1v) is 16.6. The second kappa shape index (κ2) is 28.5. The predicted molar refractivity (Wildman–Crippen MR) is 159 cm³/mol. The summed E-state index contributed by atoms with van der Waals surface area (Å²) in [7, 11) is 0. The van der Waals surface area contributed by atoms with Gasteiger partial charge in [-0.15, -0.1) is 0 Å². The molecule has 35 heavy (non-hydrogen) atoms. The molecular weight excluding hydrogens is 426 g/mol. The Hall–Kier alpha value is -0.0800. The second-order valence-electron chi connectivity index (χ2n) is 11.5. The summed E-state index contributed by atoms with van der Waals surface area (Å²) < 4.78 is 6.83. The molecule has 0 aromatic rings. The van der Waals surface area contributed by atoms with Crippen LogP contribution in [-0.2, 0) is 4.74 Å². The molecule has 0 aliphatic heterocycles. The first kappa shape index (κ1) is 34.9. The lowest BCUT2D eigenvalue weighted by Gasteiger charge is -2.35. The molecule has 212 valence electrons. The summed E-state index contributed by atoms with van der Waals surface area (Å²) in [5.74, 6) is 0. The minimum Gasteiger partial charge on any atom is -0.375 e. The van der Waals surface area contributed by atoms with Gasteiger partial charge in [0.05, 0.1) is 5.60 Å². The van der Waals surface area contributed by atoms with Crippen molar-refractivity contribution in [1.29, 1.82) is 0 Å². The van der Waals surface area contributed by atoms with Crippen molar-refractivity contribution in [3.05, 3.63) is 0 Å². The Bertz CT molecular complexity index is 385. The minimum absolute atomic E-state index is 0.103. The molecule has 0 spiro atoms. The SMILES string of the molecule is CCCCCCCCCCOC(CCCN)(CCCCCCCCC)CCCCCCCCCC. The Labute approximate surface area is 223 Å². The van der Waals surface area contributed by atoms with E-state index in [2.05, 4.69) is 20.8 Å². The Kier molecular flexibility index (Phi) is 28.4. The van der Waals surface area contributed by atoms with Crippen LogP contribution in [0.5, 0.6) is 0 Å². The zero-order valence-electron chi connectivity index (χ0n) is 25.0. The summed E-state index contributed by atoms with van der Waals surface area (Å²) in [4.78, 5) is 0. The largest absolute Gasteiger partial charge is 0.375 e. The van der Waals surface area contributed by atoms with E-state index >= 15 is 0 Å². The molecule has 1 unspecified atom stereocenters. The van der Waals surface area contributed by atoms with Gasteiger partial charge in [-0.2, -0.15) is 0 Å². The van der Waals surface area contributed by atoms with Crippen LogP contribution < -0.4 is 5.73 Å². The van der Waals surface area contributed by atoms with Gasteiger partial charge in [-0.05, 0) is 38.6 Å². The molecule has 0 fully saturated rings. The number of nitrogens with two attached hydrogens (primary N) is 1. The maximum Gasteiger partial charge on any atom is 0.0683 e. The highest BCUT2D eigenvalue weighted by molar-refractivity contribution is 4.82. The number of unbranched alkanes of at least 4 members (excludes halogenated alkanes) is 20. The quantitative estimate of drug-likeness (QED) is 0.101. The van der Waals surface area contributed by atoms with Crippen molar-refractivity contribution in [3.8, 4) is 0 Å². The summed E-state index contributed by atoms with van der Waals surface area (Å²) in [6.45, 7) is 8.68. The molecule has 2 heteroatoms. The van der Waals surface area contributed by atoms with Crippen molar-refractivity contribution in [1.82, 2.24) is 0 Å². The molecule has 0 rings (SSSR count). The molecular formula is C33H69NO. The average Bonchev–Trinajstić information content (AvgIpc) is 2.87. The third kappa shape index (κ3) is 24.0. The van der Waals surface area contributed by atoms with Gasteiger partial charge in [0.25, 0.3) is 0 Å². The zero-order valence-corrected chi connectivity index (χ0v) is 25.0. The van der Waals surface area contributed by atoms with E-state index in [1.165, 1.54) is 167 Å². The van der Waals surface area contributed by atoms with Crippen molar-refractivity contribution >= 4 is 0 Å². The highest BCUT2D eigenvalue weighted by Crippen LogP contribution is 2.32. The van der Waals surface area contributed by atoms with E-state index in [-0.39, 0.29) is 5.60 Å². The minimum atomic E-state index is 0.103. The molecule has 0 bridgehead atoms. The summed E-state index contributed by atoms with van der Waals surface area (Å²) in [6.07, 6.45) is 36.7.